The summed E-state index contributed by atoms with van der Waals surface area (Å²) in [6.45, 7) is 0. The molecule has 132 valence electrons. The van der Waals surface area contributed by atoms with Crippen LogP contribution in [0.15, 0.2) is 102 Å². The van der Waals surface area contributed by atoms with E-state index in [-0.39, 0.29) is 0 Å². The van der Waals surface area contributed by atoms with Crippen LogP contribution < -0.4 is 10.8 Å². The maximum atomic E-state index is 4.40. The van der Waals surface area contributed by atoms with Crippen LogP contribution in [0.1, 0.15) is 0 Å². The predicted molar refractivity (Wildman–Crippen MR) is 125 cm³/mol. The molecule has 3 heteroatoms. The van der Waals surface area contributed by atoms with Gasteiger partial charge in [0.15, 0.2) is 0 Å². The first-order chi connectivity index (χ1) is 13.2. The van der Waals surface area contributed by atoms with Crippen molar-refractivity contribution in [1.29, 1.82) is 0 Å². The van der Waals surface area contributed by atoms with Crippen LogP contribution >= 0.6 is 28.7 Å². The number of hydrogen-bond acceptors (Lipinski definition) is 0. The van der Waals surface area contributed by atoms with Gasteiger partial charge < -0.3 is 0 Å². The fraction of sp³-hybridized carbons (Fsp3) is 0. The minimum atomic E-state index is -2.96. The van der Waals surface area contributed by atoms with Gasteiger partial charge in [-0.2, -0.15) is 0 Å². The second-order valence-electron chi connectivity index (χ2n) is 6.51. The van der Waals surface area contributed by atoms with Gasteiger partial charge in [0.25, 0.3) is 0 Å². The normalized spacial score (nSPS) is 15.0. The monoisotopic (exact) mass is 592 g/mol. The first-order valence-electron chi connectivity index (χ1n) is 8.77. The number of rotatable bonds is 2. The van der Waals surface area contributed by atoms with E-state index in [1.807, 2.05) is 0 Å². The fourth-order valence-electron chi connectivity index (χ4n) is 3.84. The Labute approximate surface area is 178 Å². The maximum absolute atomic E-state index is 4.40. The molecule has 4 aromatic rings. The number of fused-ring (bicyclic) bond motifs is 3. The van der Waals surface area contributed by atoms with E-state index in [1.165, 1.54) is 33.1 Å². The molecule has 0 spiro atoms. The van der Waals surface area contributed by atoms with E-state index in [0.29, 0.717) is 0 Å². The molecule has 5 rings (SSSR count). The van der Waals surface area contributed by atoms with Crippen molar-refractivity contribution in [3.63, 3.8) is 0 Å². The van der Waals surface area contributed by atoms with E-state index < -0.39 is 16.0 Å². The van der Waals surface area contributed by atoms with Gasteiger partial charge in [0.05, 0.1) is 0 Å². The zero-order chi connectivity index (χ0) is 18.4. The van der Waals surface area contributed by atoms with Crippen molar-refractivity contribution in [2.75, 3.05) is 0 Å². The fourth-order valence-corrected chi connectivity index (χ4v) is 18.4. The molecule has 1 aliphatic rings. The van der Waals surface area contributed by atoms with Crippen molar-refractivity contribution < 1.29 is 0 Å². The van der Waals surface area contributed by atoms with E-state index in [2.05, 4.69) is 126 Å². The average Bonchev–Trinajstić information content (AvgIpc) is 2.99. The van der Waals surface area contributed by atoms with Gasteiger partial charge in [-0.1, -0.05) is 0 Å². The molecule has 1 heterocycles. The molecular formula is C24H16Br2Te. The van der Waals surface area contributed by atoms with E-state index >= 15 is 0 Å². The summed E-state index contributed by atoms with van der Waals surface area (Å²) in [5, 5.41) is 0. The summed E-state index contributed by atoms with van der Waals surface area (Å²) in [7, 11) is 0. The van der Waals surface area contributed by atoms with Crippen LogP contribution in [0.4, 0.5) is 0 Å². The summed E-state index contributed by atoms with van der Waals surface area (Å²) in [6.07, 6.45) is 0. The quantitative estimate of drug-likeness (QED) is 0.272. The molecule has 0 bridgehead atoms. The molecule has 0 fully saturated rings. The van der Waals surface area contributed by atoms with Crippen LogP contribution in [-0.4, -0.2) is 16.0 Å². The van der Waals surface area contributed by atoms with E-state index in [0.717, 1.165) is 4.47 Å². The van der Waals surface area contributed by atoms with Crippen molar-refractivity contribution >= 4 is 55.5 Å². The van der Waals surface area contributed by atoms with E-state index in [9.17, 15) is 0 Å². The summed E-state index contributed by atoms with van der Waals surface area (Å²) in [4.78, 5) is 0. The SMILES string of the molecule is Brc1ccccc1-c1ccccc1[Te]1(Br)c2ccccc2-c2ccccc21. The van der Waals surface area contributed by atoms with Gasteiger partial charge >= 0.3 is 179 Å². The van der Waals surface area contributed by atoms with E-state index in [4.69, 9.17) is 0 Å². The zero-order valence-electron chi connectivity index (χ0n) is 14.4. The van der Waals surface area contributed by atoms with Gasteiger partial charge in [0.1, 0.15) is 0 Å². The first-order valence-corrected chi connectivity index (χ1v) is 18.3. The third-order valence-corrected chi connectivity index (χ3v) is 21.0. The second kappa shape index (κ2) is 6.90. The Hall–Kier alpha value is -1.37. The third-order valence-electron chi connectivity index (χ3n) is 5.02. The molecule has 0 unspecified atom stereocenters. The summed E-state index contributed by atoms with van der Waals surface area (Å²) in [5.74, 6) is 0. The molecule has 0 radical (unpaired) electrons. The molecule has 4 aromatic carbocycles. The molecule has 0 N–H and O–H groups in total. The minimum absolute atomic E-state index is 1.14. The third kappa shape index (κ3) is 2.68. The Bertz CT molecular complexity index is 1120. The molecule has 0 saturated carbocycles. The van der Waals surface area contributed by atoms with E-state index in [1.54, 1.807) is 0 Å². The molecule has 1 aliphatic heterocycles. The van der Waals surface area contributed by atoms with Crippen molar-refractivity contribution in [2.45, 2.75) is 0 Å². The Balaban J connectivity index is 1.86. The van der Waals surface area contributed by atoms with Crippen molar-refractivity contribution in [2.24, 2.45) is 0 Å². The van der Waals surface area contributed by atoms with Gasteiger partial charge in [-0.3, -0.25) is 0 Å². The zero-order valence-corrected chi connectivity index (χ0v) is 19.9. The summed E-state index contributed by atoms with van der Waals surface area (Å²) in [5.41, 5.74) is 5.33. The summed E-state index contributed by atoms with van der Waals surface area (Å²) < 4.78 is 5.56. The Kier molecular flexibility index (Phi) is 4.53. The molecule has 0 amide bonds. The topological polar surface area (TPSA) is 0 Å². The number of halogens is 2. The Morgan fingerprint density at radius 1 is 0.444 bits per heavy atom. The van der Waals surface area contributed by atoms with Gasteiger partial charge in [-0.25, -0.2) is 0 Å². The van der Waals surface area contributed by atoms with Gasteiger partial charge in [0.2, 0.25) is 0 Å². The van der Waals surface area contributed by atoms with Crippen LogP contribution in [0, 0.1) is 0 Å². The molecular weight excluding hydrogens is 576 g/mol. The Morgan fingerprint density at radius 2 is 0.778 bits per heavy atom. The number of benzene rings is 4. The average molecular weight is 592 g/mol. The predicted octanol–water partition coefficient (Wildman–Crippen LogP) is 5.46. The van der Waals surface area contributed by atoms with Crippen LogP contribution in [0.5, 0.6) is 0 Å². The number of hydrogen-bond donors (Lipinski definition) is 0. The van der Waals surface area contributed by atoms with Crippen LogP contribution in [0.2, 0.25) is 0 Å². The molecule has 0 nitrogen and oxygen atoms in total. The van der Waals surface area contributed by atoms with Gasteiger partial charge in [-0.15, -0.1) is 0 Å². The molecule has 0 atom stereocenters. The van der Waals surface area contributed by atoms with Gasteiger partial charge in [0, 0.05) is 0 Å². The second-order valence-corrected chi connectivity index (χ2v) is 20.7. The Morgan fingerprint density at radius 3 is 1.22 bits per heavy atom. The molecule has 0 aromatic heterocycles. The first kappa shape index (κ1) is 17.7. The van der Waals surface area contributed by atoms with Crippen molar-refractivity contribution in [3.05, 3.63) is 102 Å². The van der Waals surface area contributed by atoms with Crippen LogP contribution in [0.3, 0.4) is 0 Å². The van der Waals surface area contributed by atoms with Crippen molar-refractivity contribution in [1.82, 2.24) is 0 Å². The molecule has 0 saturated heterocycles. The van der Waals surface area contributed by atoms with Crippen LogP contribution in [-0.2, 0) is 0 Å². The molecule has 0 aliphatic carbocycles. The summed E-state index contributed by atoms with van der Waals surface area (Å²) >= 11 is 5.20. The van der Waals surface area contributed by atoms with Crippen molar-refractivity contribution in [3.8, 4) is 22.3 Å². The molecule has 27 heavy (non-hydrogen) atoms. The van der Waals surface area contributed by atoms with Crippen LogP contribution in [0.25, 0.3) is 22.3 Å². The summed E-state index contributed by atoms with van der Waals surface area (Å²) in [6, 6.07) is 35.2. The van der Waals surface area contributed by atoms with Gasteiger partial charge in [-0.05, 0) is 0 Å². The standard InChI is InChI=1S/C24H16Br2Te/c25-21-13-5-1-9-17(21)18-10-2-6-14-22(18)27(26)23-15-7-3-11-19(23)20-12-4-8-16-24(20)27/h1-16H.